The maximum atomic E-state index is 13.8. The highest BCUT2D eigenvalue weighted by atomic mass is 35.5. The summed E-state index contributed by atoms with van der Waals surface area (Å²) in [5.74, 6) is 0.418. The van der Waals surface area contributed by atoms with Crippen molar-refractivity contribution < 1.29 is 9.47 Å². The van der Waals surface area contributed by atoms with Gasteiger partial charge in [0.05, 0.1) is 36.8 Å². The van der Waals surface area contributed by atoms with Crippen LogP contribution in [0.2, 0.25) is 5.02 Å². The minimum atomic E-state index is -0.445. The number of nitrogens with one attached hydrogen (secondary N) is 1. The Balaban J connectivity index is 1.56. The van der Waals surface area contributed by atoms with Crippen molar-refractivity contribution in [2.75, 3.05) is 25.6 Å². The van der Waals surface area contributed by atoms with Crippen LogP contribution < -0.4 is 16.6 Å². The average Bonchev–Trinajstić information content (AvgIpc) is 2.88. The first-order chi connectivity index (χ1) is 17.4. The summed E-state index contributed by atoms with van der Waals surface area (Å²) >= 11 is 6.70. The summed E-state index contributed by atoms with van der Waals surface area (Å²) in [5.41, 5.74) is 9.51. The summed E-state index contributed by atoms with van der Waals surface area (Å²) in [6, 6.07) is 7.13. The van der Waals surface area contributed by atoms with Crippen LogP contribution in [0.4, 0.5) is 5.95 Å². The topological polar surface area (TPSA) is 130 Å². The van der Waals surface area contributed by atoms with E-state index in [2.05, 4.69) is 25.3 Å². The van der Waals surface area contributed by atoms with Crippen LogP contribution in [0, 0.1) is 6.92 Å². The maximum Gasteiger partial charge on any atom is 0.260 e. The molecule has 10 nitrogen and oxygen atoms in total. The van der Waals surface area contributed by atoms with Crippen molar-refractivity contribution in [1.82, 2.24) is 24.5 Å². The zero-order chi connectivity index (χ0) is 25.2. The van der Waals surface area contributed by atoms with E-state index >= 15 is 0 Å². The van der Waals surface area contributed by atoms with Crippen molar-refractivity contribution in [3.63, 3.8) is 0 Å². The van der Waals surface area contributed by atoms with E-state index in [4.69, 9.17) is 26.8 Å². The molecule has 0 spiro atoms. The van der Waals surface area contributed by atoms with Gasteiger partial charge in [-0.1, -0.05) is 23.7 Å². The summed E-state index contributed by atoms with van der Waals surface area (Å²) in [4.78, 5) is 31.3. The molecule has 36 heavy (non-hydrogen) atoms. The Hall–Kier alpha value is -3.44. The van der Waals surface area contributed by atoms with Crippen molar-refractivity contribution in [1.29, 1.82) is 0 Å². The molecule has 11 heteroatoms. The Morgan fingerprint density at radius 2 is 1.94 bits per heavy atom. The molecule has 0 amide bonds. The van der Waals surface area contributed by atoms with E-state index in [1.165, 1.54) is 0 Å². The smallest absolute Gasteiger partial charge is 0.260 e. The van der Waals surface area contributed by atoms with Gasteiger partial charge >= 0.3 is 0 Å². The predicted octanol–water partition coefficient (Wildman–Crippen LogP) is 3.01. The molecule has 3 N–H and O–H groups in total. The Morgan fingerprint density at radius 1 is 1.14 bits per heavy atom. The highest BCUT2D eigenvalue weighted by Gasteiger charge is 2.21. The fourth-order valence-corrected chi connectivity index (χ4v) is 4.42. The van der Waals surface area contributed by atoms with Gasteiger partial charge in [-0.25, -0.2) is 9.97 Å². The van der Waals surface area contributed by atoms with Gasteiger partial charge in [-0.05, 0) is 19.1 Å². The lowest BCUT2D eigenvalue weighted by atomic mass is 10.0. The second-order valence-corrected chi connectivity index (χ2v) is 9.03. The zero-order valence-electron chi connectivity index (χ0n) is 19.9. The molecule has 1 aliphatic heterocycles. The van der Waals surface area contributed by atoms with Crippen LogP contribution in [-0.4, -0.2) is 57.1 Å². The molecule has 186 valence electrons. The molecule has 1 aromatic carbocycles. The molecule has 4 heterocycles. The number of halogens is 1. The second-order valence-electron chi connectivity index (χ2n) is 8.62. The Bertz CT molecular complexity index is 1470. The monoisotopic (exact) mass is 507 g/mol. The van der Waals surface area contributed by atoms with Crippen LogP contribution in [-0.2, 0) is 16.0 Å². The molecule has 4 aromatic rings. The Kier molecular flexibility index (Phi) is 6.92. The average molecular weight is 508 g/mol. The summed E-state index contributed by atoms with van der Waals surface area (Å²) in [6.45, 7) is 3.04. The van der Waals surface area contributed by atoms with Gasteiger partial charge in [-0.15, -0.1) is 0 Å². The molecule has 0 saturated carbocycles. The second kappa shape index (κ2) is 10.3. The summed E-state index contributed by atoms with van der Waals surface area (Å²) in [7, 11) is 1.73. The standard InChI is InChI=1S/C25H26ClN7O3/c1-14-9-29-11-21(31-14)15-3-4-18(20(26)8-15)19-7-16-10-30-25(28-2)32-23(16)33(24(19)34)6-5-22-35-12-17(27)13-36-22/h3-4,7-11,17,22H,5-6,12-13,27H2,1-2H3,(H,28,30,32)/t17-,22-. The number of nitrogens with two attached hydrogens (primary N) is 1. The van der Waals surface area contributed by atoms with E-state index in [1.807, 2.05) is 19.1 Å². The molecule has 0 bridgehead atoms. The van der Waals surface area contributed by atoms with Crippen molar-refractivity contribution in [3.8, 4) is 22.4 Å². The molecule has 0 aliphatic carbocycles. The van der Waals surface area contributed by atoms with Crippen LogP contribution in [0.1, 0.15) is 12.1 Å². The number of ether oxygens (including phenoxy) is 2. The minimum absolute atomic E-state index is 0.144. The van der Waals surface area contributed by atoms with Crippen LogP contribution in [0.5, 0.6) is 0 Å². The number of benzene rings is 1. The van der Waals surface area contributed by atoms with Gasteiger partial charge in [-0.2, -0.15) is 4.98 Å². The largest absolute Gasteiger partial charge is 0.357 e. The number of aryl methyl sites for hydroxylation is 2. The third-order valence-corrected chi connectivity index (χ3v) is 6.25. The van der Waals surface area contributed by atoms with Gasteiger partial charge in [0.25, 0.3) is 5.56 Å². The fourth-order valence-electron chi connectivity index (χ4n) is 4.13. The number of anilines is 1. The molecule has 3 aromatic heterocycles. The molecule has 5 rings (SSSR count). The maximum absolute atomic E-state index is 13.8. The lowest BCUT2D eigenvalue weighted by Gasteiger charge is -2.27. The summed E-state index contributed by atoms with van der Waals surface area (Å²) in [5, 5.41) is 4.06. The molecule has 0 radical (unpaired) electrons. The number of nitrogens with zero attached hydrogens (tertiary/aromatic N) is 5. The first-order valence-corrected chi connectivity index (χ1v) is 12.0. The molecule has 1 fully saturated rings. The summed E-state index contributed by atoms with van der Waals surface area (Å²) in [6.07, 6.45) is 5.07. The van der Waals surface area contributed by atoms with Gasteiger partial charge in [0.1, 0.15) is 5.65 Å². The Labute approximate surface area is 212 Å². The normalized spacial score (nSPS) is 17.9. The quantitative estimate of drug-likeness (QED) is 0.404. The van der Waals surface area contributed by atoms with E-state index in [-0.39, 0.29) is 11.6 Å². The van der Waals surface area contributed by atoms with Gasteiger partial charge < -0.3 is 20.5 Å². The molecule has 0 unspecified atom stereocenters. The van der Waals surface area contributed by atoms with Gasteiger partial charge in [-0.3, -0.25) is 14.3 Å². The molecule has 0 atom stereocenters. The number of rotatable bonds is 6. The SMILES string of the molecule is CNc1ncc2cc(-c3ccc(-c4cncc(C)n4)cc3Cl)c(=O)n(CC[C@H]3OC[C@H](N)CO3)c2n1. The van der Waals surface area contributed by atoms with Crippen molar-refractivity contribution in [2.24, 2.45) is 5.73 Å². The van der Waals surface area contributed by atoms with Crippen molar-refractivity contribution >= 4 is 28.6 Å². The van der Waals surface area contributed by atoms with Crippen LogP contribution in [0.15, 0.2) is 47.7 Å². The van der Waals surface area contributed by atoms with E-state index in [0.717, 1.165) is 11.3 Å². The molecule has 1 aliphatic rings. The number of fused-ring (bicyclic) bond motifs is 1. The molecular formula is C25H26ClN7O3. The predicted molar refractivity (Wildman–Crippen MR) is 138 cm³/mol. The Morgan fingerprint density at radius 3 is 2.67 bits per heavy atom. The first-order valence-electron chi connectivity index (χ1n) is 11.6. The van der Waals surface area contributed by atoms with Crippen LogP contribution >= 0.6 is 11.6 Å². The molecule has 1 saturated heterocycles. The van der Waals surface area contributed by atoms with Gasteiger partial charge in [0.2, 0.25) is 5.95 Å². The fraction of sp³-hybridized carbons (Fsp3) is 0.320. The van der Waals surface area contributed by atoms with Crippen molar-refractivity contribution in [3.05, 3.63) is 63.9 Å². The summed E-state index contributed by atoms with van der Waals surface area (Å²) < 4.78 is 12.9. The minimum Gasteiger partial charge on any atom is -0.357 e. The van der Waals surface area contributed by atoms with Crippen LogP contribution in [0.3, 0.4) is 0 Å². The third kappa shape index (κ3) is 4.93. The number of aromatic nitrogens is 5. The van der Waals surface area contributed by atoms with E-state index < -0.39 is 6.29 Å². The highest BCUT2D eigenvalue weighted by Crippen LogP contribution is 2.31. The van der Waals surface area contributed by atoms with Crippen molar-refractivity contribution in [2.45, 2.75) is 32.2 Å². The van der Waals surface area contributed by atoms with Gasteiger partial charge in [0.15, 0.2) is 6.29 Å². The van der Waals surface area contributed by atoms with Gasteiger partial charge in [0, 0.05) is 59.5 Å². The third-order valence-electron chi connectivity index (χ3n) is 5.94. The van der Waals surface area contributed by atoms with Crippen LogP contribution in [0.25, 0.3) is 33.4 Å². The lowest BCUT2D eigenvalue weighted by molar-refractivity contribution is -0.189. The number of pyridine rings is 1. The molecular weight excluding hydrogens is 482 g/mol. The first kappa shape index (κ1) is 24.3. The van der Waals surface area contributed by atoms with E-state index in [1.54, 1.807) is 42.3 Å². The lowest BCUT2D eigenvalue weighted by Crippen LogP contribution is -2.41. The highest BCUT2D eigenvalue weighted by molar-refractivity contribution is 6.33. The van der Waals surface area contributed by atoms with E-state index in [9.17, 15) is 4.79 Å². The number of hydrogen-bond acceptors (Lipinski definition) is 9. The zero-order valence-corrected chi connectivity index (χ0v) is 20.7. The van der Waals surface area contributed by atoms with E-state index in [0.29, 0.717) is 65.0 Å². The number of hydrogen-bond donors (Lipinski definition) is 2.